The maximum Gasteiger partial charge on any atom is 0.355 e. The molecule has 3 aromatic rings. The summed E-state index contributed by atoms with van der Waals surface area (Å²) in [6, 6.07) is 9.86. The number of hydrogen-bond acceptors (Lipinski definition) is 4. The van der Waals surface area contributed by atoms with E-state index in [9.17, 15) is 9.18 Å². The third-order valence-corrected chi connectivity index (χ3v) is 5.15. The average molecular weight is 509 g/mol. The maximum absolute atomic E-state index is 13.5. The van der Waals surface area contributed by atoms with Gasteiger partial charge in [0.1, 0.15) is 17.2 Å². The number of nitrogens with zero attached hydrogens (tertiary/aromatic N) is 2. The third-order valence-electron chi connectivity index (χ3n) is 5.15. The third kappa shape index (κ3) is 9.18. The predicted octanol–water partition coefficient (Wildman–Crippen LogP) is 7.68. The van der Waals surface area contributed by atoms with E-state index in [1.165, 1.54) is 19.2 Å². The van der Waals surface area contributed by atoms with Gasteiger partial charge < -0.3 is 14.0 Å². The van der Waals surface area contributed by atoms with E-state index in [0.29, 0.717) is 17.0 Å². The molecule has 0 saturated carbocycles. The van der Waals surface area contributed by atoms with Crippen molar-refractivity contribution in [3.05, 3.63) is 66.0 Å². The maximum atomic E-state index is 13.5. The van der Waals surface area contributed by atoms with Crippen molar-refractivity contribution >= 4 is 5.97 Å². The number of rotatable bonds is 8. The van der Waals surface area contributed by atoms with Crippen LogP contribution in [0.2, 0.25) is 0 Å². The van der Waals surface area contributed by atoms with Crippen molar-refractivity contribution in [1.82, 2.24) is 9.55 Å². The second kappa shape index (κ2) is 17.9. The van der Waals surface area contributed by atoms with Crippen LogP contribution in [-0.4, -0.2) is 35.8 Å². The summed E-state index contributed by atoms with van der Waals surface area (Å²) < 4.78 is 25.5. The normalized spacial score (nSPS) is 9.73. The first kappa shape index (κ1) is 31.6. The molecule has 0 radical (unpaired) electrons. The molecule has 0 atom stereocenters. The van der Waals surface area contributed by atoms with Crippen molar-refractivity contribution < 1.29 is 18.7 Å². The molecule has 1 aromatic carbocycles. The fourth-order valence-electron chi connectivity index (χ4n) is 3.53. The highest BCUT2D eigenvalue weighted by atomic mass is 19.1. The van der Waals surface area contributed by atoms with E-state index in [2.05, 4.69) is 37.6 Å². The number of esters is 1. The second-order valence-corrected chi connectivity index (χ2v) is 7.90. The Bertz CT molecular complexity index is 1120. The smallest absolute Gasteiger partial charge is 0.355 e. The largest absolute Gasteiger partial charge is 0.464 e. The molecule has 0 aliphatic carbocycles. The number of unbranched alkanes of at least 4 members (excludes halogenated alkanes) is 1. The van der Waals surface area contributed by atoms with Crippen molar-refractivity contribution in [2.75, 3.05) is 20.3 Å². The quantitative estimate of drug-likeness (QED) is 0.178. The molecule has 3 rings (SSSR count). The second-order valence-electron chi connectivity index (χ2n) is 7.90. The fourth-order valence-corrected chi connectivity index (χ4v) is 3.53. The van der Waals surface area contributed by atoms with Crippen LogP contribution >= 0.6 is 0 Å². The van der Waals surface area contributed by atoms with Gasteiger partial charge >= 0.3 is 5.97 Å². The Morgan fingerprint density at radius 2 is 1.49 bits per heavy atom. The predicted molar refractivity (Wildman–Crippen MR) is 150 cm³/mol. The van der Waals surface area contributed by atoms with Gasteiger partial charge in [0, 0.05) is 50.2 Å². The minimum Gasteiger partial charge on any atom is -0.464 e. The summed E-state index contributed by atoms with van der Waals surface area (Å²) in [7, 11) is 3.14. The van der Waals surface area contributed by atoms with Gasteiger partial charge in [-0.15, -0.1) is 0 Å². The Balaban J connectivity index is 0.000000659. The SMILES string of the molecule is CC.CCCC#Cc1c(-c2ccc(F)cc2)c(-c2ccncc2)c(C(=O)OC)n1C.CCCOCCC. The number of methoxy groups -OCH3 is 1. The minimum absolute atomic E-state index is 0.322. The molecule has 0 N–H and O–H groups in total. The van der Waals surface area contributed by atoms with Crippen molar-refractivity contribution in [3.8, 4) is 34.1 Å². The number of halogens is 1. The van der Waals surface area contributed by atoms with Crippen LogP contribution < -0.4 is 0 Å². The van der Waals surface area contributed by atoms with Crippen molar-refractivity contribution in [1.29, 1.82) is 0 Å². The molecule has 2 aromatic heterocycles. The topological polar surface area (TPSA) is 53.3 Å². The molecule has 200 valence electrons. The molecule has 0 amide bonds. The molecular weight excluding hydrogens is 467 g/mol. The molecule has 0 aliphatic rings. The highest BCUT2D eigenvalue weighted by Crippen LogP contribution is 2.39. The van der Waals surface area contributed by atoms with Crippen molar-refractivity contribution in [2.24, 2.45) is 7.05 Å². The molecule has 0 saturated heterocycles. The Kier molecular flexibility index (Phi) is 15.3. The number of benzene rings is 1. The Labute approximate surface area is 222 Å². The lowest BCUT2D eigenvalue weighted by Gasteiger charge is -2.08. The van der Waals surface area contributed by atoms with E-state index >= 15 is 0 Å². The zero-order chi connectivity index (χ0) is 27.6. The van der Waals surface area contributed by atoms with E-state index < -0.39 is 5.97 Å². The average Bonchev–Trinajstić information content (AvgIpc) is 3.23. The summed E-state index contributed by atoms with van der Waals surface area (Å²) in [5.74, 6) is 5.57. The van der Waals surface area contributed by atoms with E-state index in [0.717, 1.165) is 55.6 Å². The summed E-state index contributed by atoms with van der Waals surface area (Å²) >= 11 is 0. The summed E-state index contributed by atoms with van der Waals surface area (Å²) in [5.41, 5.74) is 4.15. The lowest BCUT2D eigenvalue weighted by Crippen LogP contribution is -2.09. The first-order valence-corrected chi connectivity index (χ1v) is 13.0. The van der Waals surface area contributed by atoms with E-state index in [-0.39, 0.29) is 5.82 Å². The van der Waals surface area contributed by atoms with Gasteiger partial charge in [-0.3, -0.25) is 4.98 Å². The number of carbonyl (C=O) groups excluding carboxylic acids is 1. The van der Waals surface area contributed by atoms with Crippen molar-refractivity contribution in [2.45, 2.75) is 60.3 Å². The summed E-state index contributed by atoms with van der Waals surface area (Å²) in [6.45, 7) is 12.1. The first-order valence-electron chi connectivity index (χ1n) is 13.0. The molecule has 2 heterocycles. The molecule has 5 nitrogen and oxygen atoms in total. The van der Waals surface area contributed by atoms with Gasteiger partial charge in [-0.25, -0.2) is 9.18 Å². The van der Waals surface area contributed by atoms with Crippen molar-refractivity contribution in [3.63, 3.8) is 0 Å². The van der Waals surface area contributed by atoms with Gasteiger partial charge in [0.25, 0.3) is 0 Å². The van der Waals surface area contributed by atoms with Crippen LogP contribution in [-0.2, 0) is 16.5 Å². The van der Waals surface area contributed by atoms with Gasteiger partial charge in [0.2, 0.25) is 0 Å². The molecule has 6 heteroatoms. The Hall–Kier alpha value is -3.43. The number of pyridine rings is 1. The Morgan fingerprint density at radius 1 is 0.919 bits per heavy atom. The van der Waals surface area contributed by atoms with Crippen LogP contribution in [0.25, 0.3) is 22.3 Å². The number of aromatic nitrogens is 2. The van der Waals surface area contributed by atoms with Gasteiger partial charge in [0.15, 0.2) is 0 Å². The van der Waals surface area contributed by atoms with Crippen LogP contribution in [0.1, 0.15) is 76.5 Å². The highest BCUT2D eigenvalue weighted by molar-refractivity contribution is 6.03. The van der Waals surface area contributed by atoms with Crippen LogP contribution in [0, 0.1) is 17.7 Å². The van der Waals surface area contributed by atoms with Crippen LogP contribution in [0.4, 0.5) is 4.39 Å². The number of hydrogen-bond donors (Lipinski definition) is 0. The fraction of sp³-hybridized carbons (Fsp3) is 0.419. The summed E-state index contributed by atoms with van der Waals surface area (Å²) in [5, 5.41) is 0. The molecule has 0 spiro atoms. The molecule has 0 bridgehead atoms. The number of carbonyl (C=O) groups is 1. The van der Waals surface area contributed by atoms with Gasteiger partial charge in [-0.1, -0.05) is 52.7 Å². The van der Waals surface area contributed by atoms with Crippen LogP contribution in [0.15, 0.2) is 48.8 Å². The Morgan fingerprint density at radius 3 is 2.00 bits per heavy atom. The van der Waals surface area contributed by atoms with Gasteiger partial charge in [-0.2, -0.15) is 0 Å². The standard InChI is InChI=1S/C23H21FN2O2.C6H14O.C2H6/c1-4-5-6-7-19-20(16-8-10-18(24)11-9-16)21(17-12-14-25-15-13-17)22(26(19)2)23(27)28-3;1-3-5-7-6-4-2;1-2/h8-15H,4-5H2,1-3H3;3-6H2,1-2H3;1-2H3. The zero-order valence-electron chi connectivity index (χ0n) is 23.4. The van der Waals surface area contributed by atoms with Crippen LogP contribution in [0.3, 0.4) is 0 Å². The van der Waals surface area contributed by atoms with E-state index in [1.54, 1.807) is 36.1 Å². The zero-order valence-corrected chi connectivity index (χ0v) is 23.4. The minimum atomic E-state index is -0.457. The molecule has 0 aliphatic heterocycles. The molecule has 0 unspecified atom stereocenters. The van der Waals surface area contributed by atoms with Crippen LogP contribution in [0.5, 0.6) is 0 Å². The molecule has 37 heavy (non-hydrogen) atoms. The molecule has 0 fully saturated rings. The lowest BCUT2D eigenvalue weighted by atomic mass is 9.95. The van der Waals surface area contributed by atoms with E-state index in [4.69, 9.17) is 9.47 Å². The summed E-state index contributed by atoms with van der Waals surface area (Å²) in [4.78, 5) is 16.7. The monoisotopic (exact) mass is 508 g/mol. The van der Waals surface area contributed by atoms with E-state index in [1.807, 2.05) is 26.0 Å². The molecular formula is C31H41FN2O3. The summed E-state index contributed by atoms with van der Waals surface area (Å²) in [6.07, 6.45) is 7.29. The van der Waals surface area contributed by atoms with Gasteiger partial charge in [0.05, 0.1) is 7.11 Å². The number of ether oxygens (including phenoxy) is 2. The lowest BCUT2D eigenvalue weighted by molar-refractivity contribution is 0.0590. The highest BCUT2D eigenvalue weighted by Gasteiger charge is 2.27. The first-order chi connectivity index (χ1) is 18.0. The van der Waals surface area contributed by atoms with Gasteiger partial charge in [-0.05, 0) is 60.6 Å².